The molecule has 1 aliphatic heterocycles. The summed E-state index contributed by atoms with van der Waals surface area (Å²) in [4.78, 5) is 16.3. The number of hydrogen-bond acceptors (Lipinski definition) is 4. The highest BCUT2D eigenvalue weighted by Gasteiger charge is 2.15. The molecule has 2 aromatic carbocycles. The van der Waals surface area contributed by atoms with Gasteiger partial charge in [0.1, 0.15) is 0 Å². The Kier molecular flexibility index (Phi) is 7.47. The minimum Gasteiger partial charge on any atom is -0.378 e. The number of benzene rings is 2. The van der Waals surface area contributed by atoms with Crippen LogP contribution in [0, 0.1) is 0 Å². The van der Waals surface area contributed by atoms with E-state index in [9.17, 15) is 4.79 Å². The molecule has 162 valence electrons. The highest BCUT2D eigenvalue weighted by atomic mass is 16.5. The van der Waals surface area contributed by atoms with Crippen molar-refractivity contribution < 1.29 is 14.3 Å². The van der Waals surface area contributed by atoms with Crippen LogP contribution in [0.2, 0.25) is 0 Å². The van der Waals surface area contributed by atoms with Crippen LogP contribution >= 0.6 is 0 Å². The monoisotopic (exact) mass is 419 g/mol. The molecule has 1 unspecified atom stereocenters. The lowest BCUT2D eigenvalue weighted by molar-refractivity contribution is -0.122. The molecule has 1 fully saturated rings. The quantitative estimate of drug-likeness (QED) is 0.508. The fourth-order valence-electron chi connectivity index (χ4n) is 3.77. The molecule has 0 saturated carbocycles. The van der Waals surface area contributed by atoms with Crippen molar-refractivity contribution in [3.8, 4) is 11.1 Å². The van der Waals surface area contributed by atoms with E-state index >= 15 is 0 Å². The van der Waals surface area contributed by atoms with Crippen LogP contribution in [0.25, 0.3) is 11.1 Å². The van der Waals surface area contributed by atoms with E-state index in [2.05, 4.69) is 46.7 Å². The van der Waals surface area contributed by atoms with Crippen molar-refractivity contribution in [3.63, 3.8) is 0 Å². The van der Waals surface area contributed by atoms with Crippen LogP contribution in [0.4, 0.5) is 0 Å². The van der Waals surface area contributed by atoms with Crippen LogP contribution in [-0.2, 0) is 27.4 Å². The first kappa shape index (κ1) is 21.3. The first-order valence-corrected chi connectivity index (χ1v) is 10.9. The zero-order valence-electron chi connectivity index (χ0n) is 17.7. The predicted octanol–water partition coefficient (Wildman–Crippen LogP) is 3.80. The topological polar surface area (TPSA) is 65.4 Å². The third-order valence-corrected chi connectivity index (χ3v) is 5.48. The molecular weight excluding hydrogens is 390 g/mol. The van der Waals surface area contributed by atoms with Gasteiger partial charge in [-0.1, -0.05) is 48.5 Å². The Morgan fingerprint density at radius 1 is 1.19 bits per heavy atom. The van der Waals surface area contributed by atoms with E-state index in [0.717, 1.165) is 42.7 Å². The van der Waals surface area contributed by atoms with Gasteiger partial charge in [0, 0.05) is 38.5 Å². The Morgan fingerprint density at radius 3 is 2.84 bits per heavy atom. The highest BCUT2D eigenvalue weighted by molar-refractivity contribution is 5.76. The van der Waals surface area contributed by atoms with E-state index in [1.54, 1.807) is 6.20 Å². The van der Waals surface area contributed by atoms with E-state index in [4.69, 9.17) is 9.47 Å². The van der Waals surface area contributed by atoms with E-state index in [1.807, 2.05) is 29.2 Å². The number of hydrogen-bond donors (Lipinski definition) is 1. The molecule has 1 aromatic heterocycles. The van der Waals surface area contributed by atoms with Gasteiger partial charge in [-0.2, -0.15) is 0 Å². The summed E-state index contributed by atoms with van der Waals surface area (Å²) in [6.07, 6.45) is 8.27. The summed E-state index contributed by atoms with van der Waals surface area (Å²) in [5.41, 5.74) is 4.58. The molecule has 1 saturated heterocycles. The average Bonchev–Trinajstić information content (AvgIpc) is 3.51. The summed E-state index contributed by atoms with van der Waals surface area (Å²) < 4.78 is 13.2. The van der Waals surface area contributed by atoms with Gasteiger partial charge in [0.2, 0.25) is 5.91 Å². The number of carbonyl (C=O) groups is 1. The number of carbonyl (C=O) groups excluding carboxylic acids is 1. The molecule has 0 aliphatic carbocycles. The third-order valence-electron chi connectivity index (χ3n) is 5.48. The number of amides is 1. The number of nitrogens with zero attached hydrogens (tertiary/aromatic N) is 2. The standard InChI is InChI=1S/C25H29N3O3/c29-25(11-15-30-18-23-5-3-14-31-23)27-16-22-4-1-2-6-24(22)21-9-7-20(8-10-21)17-28-13-12-26-19-28/h1-2,4,6-10,12-13,19,23H,3,5,11,14-18H2,(H,27,29). The van der Waals surface area contributed by atoms with Gasteiger partial charge in [0.25, 0.3) is 0 Å². The van der Waals surface area contributed by atoms with Crippen molar-refractivity contribution in [2.24, 2.45) is 0 Å². The van der Waals surface area contributed by atoms with Gasteiger partial charge in [0.05, 0.1) is 25.6 Å². The molecule has 1 amide bonds. The molecule has 3 aromatic rings. The Labute approximate surface area is 183 Å². The maximum absolute atomic E-state index is 12.2. The fraction of sp³-hybridized carbons (Fsp3) is 0.360. The maximum atomic E-state index is 12.2. The first-order valence-electron chi connectivity index (χ1n) is 10.9. The maximum Gasteiger partial charge on any atom is 0.222 e. The normalized spacial score (nSPS) is 15.8. The molecule has 1 atom stereocenters. The van der Waals surface area contributed by atoms with Gasteiger partial charge >= 0.3 is 0 Å². The van der Waals surface area contributed by atoms with Gasteiger partial charge in [-0.25, -0.2) is 4.98 Å². The number of ether oxygens (including phenoxy) is 2. The number of imidazole rings is 1. The second-order valence-corrected chi connectivity index (χ2v) is 7.83. The minimum atomic E-state index is -0.00202. The van der Waals surface area contributed by atoms with E-state index in [-0.39, 0.29) is 12.0 Å². The van der Waals surface area contributed by atoms with Crippen LogP contribution in [0.5, 0.6) is 0 Å². The molecule has 0 bridgehead atoms. The summed E-state index contributed by atoms with van der Waals surface area (Å²) in [7, 11) is 0. The highest BCUT2D eigenvalue weighted by Crippen LogP contribution is 2.24. The molecule has 6 nitrogen and oxygen atoms in total. The predicted molar refractivity (Wildman–Crippen MR) is 119 cm³/mol. The molecule has 2 heterocycles. The lowest BCUT2D eigenvalue weighted by atomic mass is 9.98. The number of nitrogens with one attached hydrogen (secondary N) is 1. The van der Waals surface area contributed by atoms with Crippen molar-refractivity contribution in [3.05, 3.63) is 78.4 Å². The van der Waals surface area contributed by atoms with Crippen LogP contribution in [0.1, 0.15) is 30.4 Å². The molecule has 6 heteroatoms. The molecule has 0 radical (unpaired) electrons. The number of rotatable bonds is 10. The van der Waals surface area contributed by atoms with E-state index in [0.29, 0.717) is 26.2 Å². The van der Waals surface area contributed by atoms with Gasteiger partial charge in [-0.3, -0.25) is 4.79 Å². The Balaban J connectivity index is 1.28. The fourth-order valence-corrected chi connectivity index (χ4v) is 3.77. The van der Waals surface area contributed by atoms with Gasteiger partial charge in [-0.15, -0.1) is 0 Å². The lowest BCUT2D eigenvalue weighted by Gasteiger charge is -2.13. The van der Waals surface area contributed by atoms with Crippen molar-refractivity contribution in [1.82, 2.24) is 14.9 Å². The largest absolute Gasteiger partial charge is 0.378 e. The lowest BCUT2D eigenvalue weighted by Crippen LogP contribution is -2.25. The van der Waals surface area contributed by atoms with Crippen molar-refractivity contribution in [2.75, 3.05) is 19.8 Å². The Morgan fingerprint density at radius 2 is 2.06 bits per heavy atom. The first-order chi connectivity index (χ1) is 15.3. The van der Waals surface area contributed by atoms with Crippen molar-refractivity contribution >= 4 is 5.91 Å². The van der Waals surface area contributed by atoms with Crippen LogP contribution in [-0.4, -0.2) is 41.4 Å². The summed E-state index contributed by atoms with van der Waals surface area (Å²) in [5.74, 6) is -0.00202. The molecule has 4 rings (SSSR count). The van der Waals surface area contributed by atoms with E-state index < -0.39 is 0 Å². The van der Waals surface area contributed by atoms with Crippen molar-refractivity contribution in [1.29, 1.82) is 0 Å². The smallest absolute Gasteiger partial charge is 0.222 e. The average molecular weight is 420 g/mol. The molecule has 0 spiro atoms. The van der Waals surface area contributed by atoms with Crippen molar-refractivity contribution in [2.45, 2.75) is 38.5 Å². The van der Waals surface area contributed by atoms with Crippen LogP contribution < -0.4 is 5.32 Å². The number of aromatic nitrogens is 2. The zero-order valence-corrected chi connectivity index (χ0v) is 17.7. The molecule has 31 heavy (non-hydrogen) atoms. The SMILES string of the molecule is O=C(CCOCC1CCCO1)NCc1ccccc1-c1ccc(Cn2ccnc2)cc1. The zero-order chi connectivity index (χ0) is 21.3. The second kappa shape index (κ2) is 10.9. The third kappa shape index (κ3) is 6.26. The van der Waals surface area contributed by atoms with Gasteiger partial charge in [0.15, 0.2) is 0 Å². The van der Waals surface area contributed by atoms with E-state index in [1.165, 1.54) is 5.56 Å². The summed E-state index contributed by atoms with van der Waals surface area (Å²) in [5, 5.41) is 3.02. The molecule has 1 aliphatic rings. The van der Waals surface area contributed by atoms with Gasteiger partial charge < -0.3 is 19.4 Å². The van der Waals surface area contributed by atoms with Crippen LogP contribution in [0.3, 0.4) is 0 Å². The minimum absolute atomic E-state index is 0.00202. The summed E-state index contributed by atoms with van der Waals surface area (Å²) in [6.45, 7) is 3.12. The van der Waals surface area contributed by atoms with Crippen LogP contribution in [0.15, 0.2) is 67.3 Å². The Bertz CT molecular complexity index is 948. The summed E-state index contributed by atoms with van der Waals surface area (Å²) >= 11 is 0. The molecule has 1 N–H and O–H groups in total. The second-order valence-electron chi connectivity index (χ2n) is 7.83. The summed E-state index contributed by atoms with van der Waals surface area (Å²) in [6, 6.07) is 16.7. The Hall–Kier alpha value is -2.96. The molecular formula is C25H29N3O3. The van der Waals surface area contributed by atoms with Gasteiger partial charge in [-0.05, 0) is 35.1 Å².